The molecule has 1 saturated carbocycles. The molecule has 7 heteroatoms. The third kappa shape index (κ3) is 4.25. The summed E-state index contributed by atoms with van der Waals surface area (Å²) < 4.78 is 6.99. The number of fused-ring (bicyclic) bond motifs is 1. The number of rotatable bonds is 6. The summed E-state index contributed by atoms with van der Waals surface area (Å²) >= 11 is 0. The first-order chi connectivity index (χ1) is 17.5. The average molecular weight is 537 g/mol. The number of hydrogen-bond donors (Lipinski definition) is 1. The van der Waals surface area contributed by atoms with E-state index in [2.05, 4.69) is 45.0 Å². The summed E-state index contributed by atoms with van der Waals surface area (Å²) in [7, 11) is -2.76. The molecule has 0 bridgehead atoms. The zero-order valence-corrected chi connectivity index (χ0v) is 24.8. The lowest BCUT2D eigenvalue weighted by Gasteiger charge is -2.52. The topological polar surface area (TPSA) is 82.1 Å². The lowest BCUT2D eigenvalue weighted by Crippen LogP contribution is -2.67. The molecule has 204 valence electrons. The third-order valence-corrected chi connectivity index (χ3v) is 13.3. The lowest BCUT2D eigenvalue weighted by molar-refractivity contribution is -0.465. The van der Waals surface area contributed by atoms with Gasteiger partial charge in [-0.05, 0) is 56.1 Å². The summed E-state index contributed by atoms with van der Waals surface area (Å²) in [6, 6.07) is 20.7. The van der Waals surface area contributed by atoms with E-state index in [4.69, 9.17) is 14.2 Å². The van der Waals surface area contributed by atoms with Gasteiger partial charge in [-0.15, -0.1) is 0 Å². The van der Waals surface area contributed by atoms with Crippen LogP contribution in [0.3, 0.4) is 0 Å². The Hall–Kier alpha value is -2.42. The van der Waals surface area contributed by atoms with Gasteiger partial charge in [0.05, 0.1) is 16.4 Å². The van der Waals surface area contributed by atoms with Crippen LogP contribution >= 0.6 is 0 Å². The van der Waals surface area contributed by atoms with Gasteiger partial charge in [-0.3, -0.25) is 9.59 Å². The normalized spacial score (nSPS) is 27.0. The zero-order valence-electron chi connectivity index (χ0n) is 23.8. The maximum atomic E-state index is 13.4. The van der Waals surface area contributed by atoms with Crippen LogP contribution in [-0.2, 0) is 23.8 Å². The molecule has 2 aromatic rings. The van der Waals surface area contributed by atoms with Crippen molar-refractivity contribution < 1.29 is 28.9 Å². The van der Waals surface area contributed by atoms with Gasteiger partial charge in [0.15, 0.2) is 11.6 Å². The molecule has 38 heavy (non-hydrogen) atoms. The Kier molecular flexibility index (Phi) is 7.03. The molecule has 0 saturated heterocycles. The molecule has 0 spiro atoms. The molecule has 6 nitrogen and oxygen atoms in total. The van der Waals surface area contributed by atoms with E-state index in [9.17, 15) is 14.7 Å². The van der Waals surface area contributed by atoms with E-state index < -0.39 is 42.1 Å². The molecule has 1 fully saturated rings. The highest BCUT2D eigenvalue weighted by Crippen LogP contribution is 2.53. The summed E-state index contributed by atoms with van der Waals surface area (Å²) in [5, 5.41) is 13.6. The van der Waals surface area contributed by atoms with Crippen LogP contribution in [0.1, 0.15) is 61.8 Å². The van der Waals surface area contributed by atoms with Crippen LogP contribution < -0.4 is 10.4 Å². The molecule has 0 radical (unpaired) electrons. The Morgan fingerprint density at radius 1 is 0.842 bits per heavy atom. The van der Waals surface area contributed by atoms with E-state index >= 15 is 0 Å². The van der Waals surface area contributed by atoms with Crippen molar-refractivity contribution in [3.8, 4) is 0 Å². The SMILES string of the molecule is CC1(C)C(=O)C2=C[C@@](C)(CCO[Si](c3ccccc3)(c3ccccc3)C(C)(C)C)OO[C@@]2(O)C(C)(C)C1=O. The summed E-state index contributed by atoms with van der Waals surface area (Å²) in [5.74, 6) is -3.00. The van der Waals surface area contributed by atoms with E-state index in [0.29, 0.717) is 13.0 Å². The zero-order chi connectivity index (χ0) is 28.2. The quantitative estimate of drug-likeness (QED) is 0.333. The Labute approximate surface area is 227 Å². The van der Waals surface area contributed by atoms with Crippen LogP contribution in [0, 0.1) is 10.8 Å². The summed E-state index contributed by atoms with van der Waals surface area (Å²) in [6.07, 6.45) is 2.00. The minimum absolute atomic E-state index is 0.0614. The van der Waals surface area contributed by atoms with Gasteiger partial charge in [0.25, 0.3) is 8.32 Å². The van der Waals surface area contributed by atoms with Crippen LogP contribution in [0.25, 0.3) is 0 Å². The van der Waals surface area contributed by atoms with E-state index in [1.807, 2.05) is 36.4 Å². The highest BCUT2D eigenvalue weighted by atomic mass is 28.4. The number of benzene rings is 2. The highest BCUT2D eigenvalue weighted by molar-refractivity contribution is 6.99. The van der Waals surface area contributed by atoms with Crippen LogP contribution in [-0.4, -0.2) is 43.0 Å². The number of carbonyl (C=O) groups excluding carboxylic acids is 2. The molecular formula is C31H40O6Si. The lowest BCUT2D eigenvalue weighted by atomic mass is 9.57. The molecule has 1 aliphatic carbocycles. The fourth-order valence-electron chi connectivity index (χ4n) is 5.94. The second-order valence-corrected chi connectivity index (χ2v) is 17.2. The van der Waals surface area contributed by atoms with Crippen LogP contribution in [0.15, 0.2) is 72.3 Å². The van der Waals surface area contributed by atoms with Gasteiger partial charge in [-0.1, -0.05) is 81.4 Å². The largest absolute Gasteiger partial charge is 0.407 e. The van der Waals surface area contributed by atoms with Gasteiger partial charge in [-0.2, -0.15) is 4.89 Å². The molecule has 2 aliphatic rings. The van der Waals surface area contributed by atoms with Crippen LogP contribution in [0.4, 0.5) is 0 Å². The molecule has 1 heterocycles. The number of hydrogen-bond acceptors (Lipinski definition) is 6. The fourth-order valence-corrected chi connectivity index (χ4v) is 10.5. The molecule has 0 aromatic heterocycles. The minimum Gasteiger partial charge on any atom is -0.407 e. The molecule has 4 rings (SSSR count). The smallest absolute Gasteiger partial charge is 0.261 e. The van der Waals surface area contributed by atoms with Crippen LogP contribution in [0.2, 0.25) is 5.04 Å². The Morgan fingerprint density at radius 2 is 1.34 bits per heavy atom. The summed E-state index contributed by atoms with van der Waals surface area (Å²) in [6.45, 7) is 15.1. The van der Waals surface area contributed by atoms with E-state index in [-0.39, 0.29) is 10.6 Å². The van der Waals surface area contributed by atoms with Crippen molar-refractivity contribution >= 4 is 30.3 Å². The van der Waals surface area contributed by atoms with Crippen molar-refractivity contribution in [2.24, 2.45) is 10.8 Å². The monoisotopic (exact) mass is 536 g/mol. The van der Waals surface area contributed by atoms with Gasteiger partial charge >= 0.3 is 0 Å². The predicted molar refractivity (Wildman–Crippen MR) is 149 cm³/mol. The molecule has 0 unspecified atom stereocenters. The number of aliphatic hydroxyl groups is 1. The first-order valence-electron chi connectivity index (χ1n) is 13.2. The van der Waals surface area contributed by atoms with E-state index in [0.717, 1.165) is 0 Å². The van der Waals surface area contributed by atoms with Gasteiger partial charge in [-0.25, -0.2) is 4.89 Å². The number of carbonyl (C=O) groups is 2. The summed E-state index contributed by atoms with van der Waals surface area (Å²) in [5.41, 5.74) is -3.64. The van der Waals surface area contributed by atoms with Gasteiger partial charge in [0.1, 0.15) is 5.60 Å². The van der Waals surface area contributed by atoms with Crippen molar-refractivity contribution in [1.29, 1.82) is 0 Å². The number of Topliss-reactive ketones (excluding diaryl/α,β-unsaturated/α-hetero) is 2. The summed E-state index contributed by atoms with van der Waals surface area (Å²) in [4.78, 5) is 37.8. The van der Waals surface area contributed by atoms with Crippen molar-refractivity contribution in [3.63, 3.8) is 0 Å². The van der Waals surface area contributed by atoms with Crippen molar-refractivity contribution in [1.82, 2.24) is 0 Å². The molecule has 0 amide bonds. The Balaban J connectivity index is 1.69. The molecule has 2 aromatic carbocycles. The van der Waals surface area contributed by atoms with Crippen molar-refractivity contribution in [2.75, 3.05) is 6.61 Å². The van der Waals surface area contributed by atoms with E-state index in [1.165, 1.54) is 10.4 Å². The van der Waals surface area contributed by atoms with Crippen molar-refractivity contribution in [2.45, 2.75) is 78.2 Å². The highest BCUT2D eigenvalue weighted by Gasteiger charge is 2.67. The average Bonchev–Trinajstić information content (AvgIpc) is 2.87. The Morgan fingerprint density at radius 3 is 1.82 bits per heavy atom. The minimum atomic E-state index is -2.76. The second kappa shape index (κ2) is 9.35. The maximum absolute atomic E-state index is 13.4. The number of ketones is 2. The first kappa shape index (κ1) is 28.6. The van der Waals surface area contributed by atoms with Gasteiger partial charge in [0.2, 0.25) is 5.79 Å². The molecule has 2 atom stereocenters. The molecule has 1 N–H and O–H groups in total. The van der Waals surface area contributed by atoms with Gasteiger partial charge in [0, 0.05) is 13.0 Å². The van der Waals surface area contributed by atoms with E-state index in [1.54, 1.807) is 40.7 Å². The second-order valence-electron chi connectivity index (χ2n) is 12.9. The molecule has 1 aliphatic heterocycles. The Bertz CT molecular complexity index is 1200. The van der Waals surface area contributed by atoms with Gasteiger partial charge < -0.3 is 9.53 Å². The van der Waals surface area contributed by atoms with Crippen molar-refractivity contribution in [3.05, 3.63) is 72.3 Å². The first-order valence-corrected chi connectivity index (χ1v) is 15.1. The third-order valence-electron chi connectivity index (χ3n) is 8.30. The molecular weight excluding hydrogens is 496 g/mol. The maximum Gasteiger partial charge on any atom is 0.261 e. The predicted octanol–water partition coefficient (Wildman–Crippen LogP) is 4.49. The standard InChI is InChI=1S/C31H40O6Si/c1-27(2,3)38(22-15-11-9-12-16-22,23-17-13-10-14-18-23)35-20-19-30(8)21-24-25(32)28(4,5)26(33)29(6,7)31(24,34)37-36-30/h9-18,21,34H,19-20H2,1-8H3/t30-,31-/m1/s1. The fraction of sp³-hybridized carbons (Fsp3) is 0.484. The van der Waals surface area contributed by atoms with Crippen LogP contribution in [0.5, 0.6) is 0 Å².